The molecule has 4 aromatic carbocycles. The number of hydrogen-bond acceptors (Lipinski definition) is 1. The number of nitrogens with zero attached hydrogens (tertiary/aromatic N) is 1. The molecule has 142 valence electrons. The van der Waals surface area contributed by atoms with E-state index in [2.05, 4.69) is 92.1 Å². The summed E-state index contributed by atoms with van der Waals surface area (Å²) in [5, 5.41) is 2.57. The molecule has 0 aliphatic carbocycles. The summed E-state index contributed by atoms with van der Waals surface area (Å²) in [5.74, 6) is 1.90. The van der Waals surface area contributed by atoms with E-state index in [1.807, 2.05) is 0 Å². The Labute approximate surface area is 175 Å². The molecule has 30 heavy (non-hydrogen) atoms. The highest BCUT2D eigenvalue weighted by molar-refractivity contribution is 6.98. The number of fused-ring (bicyclic) bond motifs is 1. The number of benzene rings is 4. The summed E-state index contributed by atoms with van der Waals surface area (Å²) in [5.41, 5.74) is 11.9. The number of rotatable bonds is 1. The summed E-state index contributed by atoms with van der Waals surface area (Å²) in [6, 6.07) is 24.4. The van der Waals surface area contributed by atoms with Crippen molar-refractivity contribution in [3.05, 3.63) is 83.4 Å². The molecule has 3 heteroatoms. The molecule has 1 aromatic heterocycles. The first-order valence-electron chi connectivity index (χ1n) is 10.6. The molecule has 2 aliphatic rings. The smallest absolute Gasteiger partial charge is 0.247 e. The fraction of sp³-hybridized carbons (Fsp3) is 0.111. The van der Waals surface area contributed by atoms with Gasteiger partial charge in [0.15, 0.2) is 11.5 Å². The SMILES string of the molecule is Cc1cc(C)c(B2c3cccc4c3-n3c5c(cccc5c5cccc2c53)O4)c(C)c1. The number of aromatic nitrogens is 1. The zero-order valence-electron chi connectivity index (χ0n) is 17.3. The van der Waals surface area contributed by atoms with Crippen LogP contribution in [0.25, 0.3) is 27.5 Å². The molecule has 0 radical (unpaired) electrons. The monoisotopic (exact) mass is 385 g/mol. The van der Waals surface area contributed by atoms with Crippen LogP contribution >= 0.6 is 0 Å². The number of hydrogen-bond donors (Lipinski definition) is 0. The molecule has 0 unspecified atom stereocenters. The van der Waals surface area contributed by atoms with Gasteiger partial charge in [-0.25, -0.2) is 0 Å². The van der Waals surface area contributed by atoms with Crippen molar-refractivity contribution < 1.29 is 4.74 Å². The lowest BCUT2D eigenvalue weighted by atomic mass is 9.34. The summed E-state index contributed by atoms with van der Waals surface area (Å²) in [6.07, 6.45) is 0. The predicted octanol–water partition coefficient (Wildman–Crippen LogP) is 4.64. The van der Waals surface area contributed by atoms with E-state index in [4.69, 9.17) is 4.74 Å². The third-order valence-corrected chi connectivity index (χ3v) is 6.93. The maximum Gasteiger partial charge on any atom is 0.247 e. The van der Waals surface area contributed by atoms with Gasteiger partial charge in [-0.05, 0) is 43.8 Å². The van der Waals surface area contributed by atoms with E-state index in [0.717, 1.165) is 11.5 Å². The molecule has 0 fully saturated rings. The largest absolute Gasteiger partial charge is 0.453 e. The van der Waals surface area contributed by atoms with Crippen molar-refractivity contribution in [1.82, 2.24) is 4.57 Å². The van der Waals surface area contributed by atoms with Crippen LogP contribution in [0.15, 0.2) is 66.7 Å². The van der Waals surface area contributed by atoms with Crippen LogP contribution in [-0.4, -0.2) is 11.3 Å². The second-order valence-corrected chi connectivity index (χ2v) is 8.77. The van der Waals surface area contributed by atoms with Crippen LogP contribution in [0, 0.1) is 20.8 Å². The summed E-state index contributed by atoms with van der Waals surface area (Å²) in [6.45, 7) is 6.89. The van der Waals surface area contributed by atoms with E-state index in [1.165, 1.54) is 60.6 Å². The topological polar surface area (TPSA) is 14.2 Å². The molecule has 2 aliphatic heterocycles. The molecule has 0 bridgehead atoms. The van der Waals surface area contributed by atoms with Gasteiger partial charge in [0, 0.05) is 16.3 Å². The van der Waals surface area contributed by atoms with Crippen molar-refractivity contribution in [3.8, 4) is 17.2 Å². The first kappa shape index (κ1) is 16.4. The van der Waals surface area contributed by atoms with Gasteiger partial charge in [-0.3, -0.25) is 0 Å². The molecule has 5 aromatic rings. The highest BCUT2D eigenvalue weighted by Gasteiger charge is 2.38. The van der Waals surface area contributed by atoms with Crippen molar-refractivity contribution in [2.75, 3.05) is 0 Å². The predicted molar refractivity (Wildman–Crippen MR) is 126 cm³/mol. The Morgan fingerprint density at radius 1 is 0.700 bits per heavy atom. The van der Waals surface area contributed by atoms with Crippen LogP contribution in [0.3, 0.4) is 0 Å². The molecular weight excluding hydrogens is 365 g/mol. The van der Waals surface area contributed by atoms with E-state index in [1.54, 1.807) is 0 Å². The van der Waals surface area contributed by atoms with Gasteiger partial charge in [-0.15, -0.1) is 0 Å². The molecule has 0 spiro atoms. The Hall–Kier alpha value is -3.46. The molecule has 2 nitrogen and oxygen atoms in total. The average Bonchev–Trinajstić information content (AvgIpc) is 3.07. The maximum absolute atomic E-state index is 6.43. The third kappa shape index (κ3) is 1.82. The first-order valence-corrected chi connectivity index (χ1v) is 10.6. The van der Waals surface area contributed by atoms with Gasteiger partial charge in [0.05, 0.1) is 11.2 Å². The quantitative estimate of drug-likeness (QED) is 0.376. The summed E-state index contributed by atoms with van der Waals surface area (Å²) in [4.78, 5) is 0. The molecule has 0 saturated heterocycles. The van der Waals surface area contributed by atoms with Crippen LogP contribution in [0.2, 0.25) is 0 Å². The Kier molecular flexibility index (Phi) is 2.93. The van der Waals surface area contributed by atoms with Crippen molar-refractivity contribution in [2.24, 2.45) is 0 Å². The summed E-state index contributed by atoms with van der Waals surface area (Å²) < 4.78 is 8.89. The molecule has 3 heterocycles. The fourth-order valence-corrected chi connectivity index (χ4v) is 5.99. The van der Waals surface area contributed by atoms with Crippen LogP contribution in [0.5, 0.6) is 11.5 Å². The third-order valence-electron chi connectivity index (χ3n) is 6.93. The second-order valence-electron chi connectivity index (χ2n) is 8.77. The van der Waals surface area contributed by atoms with E-state index >= 15 is 0 Å². The Bertz CT molecular complexity index is 1540. The van der Waals surface area contributed by atoms with Gasteiger partial charge in [0.1, 0.15) is 0 Å². The van der Waals surface area contributed by atoms with E-state index in [-0.39, 0.29) is 6.71 Å². The maximum atomic E-state index is 6.43. The van der Waals surface area contributed by atoms with Crippen LogP contribution < -0.4 is 21.1 Å². The number of ether oxygens (including phenoxy) is 1. The Morgan fingerprint density at radius 3 is 2.13 bits per heavy atom. The van der Waals surface area contributed by atoms with Crippen LogP contribution in [0.4, 0.5) is 0 Å². The normalized spacial score (nSPS) is 13.4. The molecule has 7 rings (SSSR count). The number of aryl methyl sites for hydroxylation is 3. The molecule has 0 amide bonds. The van der Waals surface area contributed by atoms with Gasteiger partial charge < -0.3 is 9.30 Å². The van der Waals surface area contributed by atoms with E-state index in [9.17, 15) is 0 Å². The fourth-order valence-electron chi connectivity index (χ4n) is 5.99. The van der Waals surface area contributed by atoms with E-state index < -0.39 is 0 Å². The van der Waals surface area contributed by atoms with Crippen LogP contribution in [-0.2, 0) is 0 Å². The highest BCUT2D eigenvalue weighted by atomic mass is 16.5. The zero-order chi connectivity index (χ0) is 20.1. The highest BCUT2D eigenvalue weighted by Crippen LogP contribution is 2.45. The minimum Gasteiger partial charge on any atom is -0.453 e. The van der Waals surface area contributed by atoms with Gasteiger partial charge in [0.2, 0.25) is 6.71 Å². The minimum atomic E-state index is 0.200. The average molecular weight is 385 g/mol. The second kappa shape index (κ2) is 5.37. The Balaban J connectivity index is 1.73. The lowest BCUT2D eigenvalue weighted by Gasteiger charge is -2.32. The zero-order valence-corrected chi connectivity index (χ0v) is 17.3. The van der Waals surface area contributed by atoms with Gasteiger partial charge in [-0.1, -0.05) is 76.8 Å². The first-order chi connectivity index (χ1) is 14.6. The molecule has 0 atom stereocenters. The standard InChI is InChI=1S/C27H20BNO/c1-15-13-16(2)24(17(3)14-15)28-20-9-4-7-18-19-8-5-11-22-26(19)29(25(18)20)27-21(28)10-6-12-23(27)30-22/h4-14H,1-3H3. The lowest BCUT2D eigenvalue weighted by molar-refractivity contribution is 0.477. The molecule has 0 N–H and O–H groups in total. The lowest BCUT2D eigenvalue weighted by Crippen LogP contribution is -2.57. The molecular formula is C27H20BNO. The van der Waals surface area contributed by atoms with Crippen molar-refractivity contribution in [1.29, 1.82) is 0 Å². The molecule has 0 saturated carbocycles. The van der Waals surface area contributed by atoms with Crippen molar-refractivity contribution in [3.63, 3.8) is 0 Å². The minimum absolute atomic E-state index is 0.200. The Morgan fingerprint density at radius 2 is 1.33 bits per heavy atom. The number of para-hydroxylation sites is 3. The van der Waals surface area contributed by atoms with E-state index in [0.29, 0.717) is 0 Å². The van der Waals surface area contributed by atoms with Gasteiger partial charge in [0.25, 0.3) is 0 Å². The summed E-state index contributed by atoms with van der Waals surface area (Å²) in [7, 11) is 0. The van der Waals surface area contributed by atoms with Gasteiger partial charge in [-0.2, -0.15) is 0 Å². The van der Waals surface area contributed by atoms with Crippen molar-refractivity contribution >= 4 is 44.9 Å². The summed E-state index contributed by atoms with van der Waals surface area (Å²) >= 11 is 0. The van der Waals surface area contributed by atoms with Crippen molar-refractivity contribution in [2.45, 2.75) is 20.8 Å². The van der Waals surface area contributed by atoms with Gasteiger partial charge >= 0.3 is 0 Å². The van der Waals surface area contributed by atoms with Crippen LogP contribution in [0.1, 0.15) is 16.7 Å².